The second-order valence-electron chi connectivity index (χ2n) is 3.56. The molecule has 10 nitrogen and oxygen atoms in total. The lowest BCUT2D eigenvalue weighted by Gasteiger charge is -2.20. The van der Waals surface area contributed by atoms with Crippen molar-refractivity contribution in [2.24, 2.45) is 0 Å². The molecule has 130 valence electrons. The summed E-state index contributed by atoms with van der Waals surface area (Å²) in [6.07, 6.45) is 1.98. The Balaban J connectivity index is -0.0000000937. The number of hydrogen-bond acceptors (Lipinski definition) is 6. The summed E-state index contributed by atoms with van der Waals surface area (Å²) in [5.74, 6) is -3.33. The minimum Gasteiger partial charge on any atom is -0.481 e. The fourth-order valence-electron chi connectivity index (χ4n) is 0.427. The molecule has 0 amide bonds. The average molecular weight is 325 g/mol. The lowest BCUT2D eigenvalue weighted by Crippen LogP contribution is -2.43. The van der Waals surface area contributed by atoms with Crippen molar-refractivity contribution >= 4 is 30.2 Å². The van der Waals surface area contributed by atoms with Crippen LogP contribution in [-0.2, 0) is 24.0 Å². The zero-order chi connectivity index (χ0) is 18.7. The predicted octanol–water partition coefficient (Wildman–Crippen LogP) is -0.0892. The summed E-state index contributed by atoms with van der Waals surface area (Å²) in [5.41, 5.74) is 0. The Labute approximate surface area is 127 Å². The minimum atomic E-state index is -0.833. The van der Waals surface area contributed by atoms with Gasteiger partial charge in [0.05, 0.1) is 6.04 Å². The van der Waals surface area contributed by atoms with Gasteiger partial charge < -0.3 is 30.5 Å². The van der Waals surface area contributed by atoms with Crippen molar-refractivity contribution in [3.8, 4) is 0 Å². The van der Waals surface area contributed by atoms with Gasteiger partial charge in [-0.25, -0.2) is 0 Å². The van der Waals surface area contributed by atoms with E-state index < -0.39 is 23.9 Å². The third-order valence-corrected chi connectivity index (χ3v) is 1.03. The number of carboxylic acid groups (broad SMARTS) is 4. The molecule has 1 rings (SSSR count). The monoisotopic (exact) mass is 325 g/mol. The molecule has 10 heteroatoms. The molecule has 22 heavy (non-hydrogen) atoms. The van der Waals surface area contributed by atoms with Gasteiger partial charge in [0.2, 0.25) is 0 Å². The molecule has 0 bridgehead atoms. The molecule has 0 aliphatic carbocycles. The third-order valence-electron chi connectivity index (χ3n) is 1.03. The maximum atomic E-state index is 9.72. The maximum Gasteiger partial charge on any atom is 0.300 e. The molecule has 0 aromatic carbocycles. The molecule has 1 atom stereocenters. The maximum absolute atomic E-state index is 9.72. The van der Waals surface area contributed by atoms with E-state index in [0.29, 0.717) is 0 Å². The molecule has 1 fully saturated rings. The van der Waals surface area contributed by atoms with Crippen molar-refractivity contribution in [1.82, 2.24) is 5.32 Å². The van der Waals surface area contributed by atoms with Gasteiger partial charge in [0.15, 0.2) is 0 Å². The van der Waals surface area contributed by atoms with Gasteiger partial charge in [0.1, 0.15) is 6.29 Å². The van der Waals surface area contributed by atoms with Gasteiger partial charge in [-0.3, -0.25) is 19.2 Å². The number of hydrogen-bond donors (Lipinski definition) is 5. The van der Waals surface area contributed by atoms with Gasteiger partial charge in [-0.2, -0.15) is 0 Å². The minimum absolute atomic E-state index is 0.185. The van der Waals surface area contributed by atoms with Crippen LogP contribution in [0.5, 0.6) is 0 Å². The second kappa shape index (κ2) is 20.8. The summed E-state index contributed by atoms with van der Waals surface area (Å²) in [5, 5.41) is 32.6. The van der Waals surface area contributed by atoms with Crippen molar-refractivity contribution < 1.29 is 44.4 Å². The highest BCUT2D eigenvalue weighted by molar-refractivity contribution is 5.63. The van der Waals surface area contributed by atoms with Crippen LogP contribution < -0.4 is 5.32 Å². The SMILES string of the molecule is CC(=O)O.CC(=O)O.CC(=O)O.CC(=O)O.O=C[C@@H]1CCN1. The van der Waals surface area contributed by atoms with E-state index >= 15 is 0 Å². The van der Waals surface area contributed by atoms with Crippen LogP contribution in [0, 0.1) is 0 Å². The number of nitrogens with one attached hydrogen (secondary N) is 1. The molecular weight excluding hydrogens is 302 g/mol. The summed E-state index contributed by atoms with van der Waals surface area (Å²) >= 11 is 0. The topological polar surface area (TPSA) is 178 Å². The molecule has 0 aromatic rings. The van der Waals surface area contributed by atoms with E-state index in [-0.39, 0.29) is 6.04 Å². The molecule has 0 spiro atoms. The number of carbonyl (C=O) groups excluding carboxylic acids is 1. The molecule has 1 aliphatic heterocycles. The van der Waals surface area contributed by atoms with Crippen LogP contribution in [0.1, 0.15) is 34.1 Å². The van der Waals surface area contributed by atoms with E-state index in [4.69, 9.17) is 39.6 Å². The fourth-order valence-corrected chi connectivity index (χ4v) is 0.427. The van der Waals surface area contributed by atoms with Crippen LogP contribution in [0.3, 0.4) is 0 Å². The van der Waals surface area contributed by atoms with E-state index in [1.54, 1.807) is 0 Å². The zero-order valence-corrected chi connectivity index (χ0v) is 12.9. The summed E-state index contributed by atoms with van der Waals surface area (Å²) in [7, 11) is 0. The standard InChI is InChI=1S/C4H7NO.4C2H4O2/c6-3-4-1-2-5-4;4*1-2(3)4/h3-5H,1-2H2;4*1H3,(H,3,4)/t4-;;;;/m0..../s1. The Morgan fingerprint density at radius 2 is 1.00 bits per heavy atom. The molecule has 1 aliphatic rings. The summed E-state index contributed by atoms with van der Waals surface area (Å²) in [4.78, 5) is 45.7. The largest absolute Gasteiger partial charge is 0.481 e. The van der Waals surface area contributed by atoms with Gasteiger partial charge in [0, 0.05) is 27.7 Å². The highest BCUT2D eigenvalue weighted by Gasteiger charge is 2.13. The highest BCUT2D eigenvalue weighted by atomic mass is 16.4. The van der Waals surface area contributed by atoms with Crippen molar-refractivity contribution in [2.75, 3.05) is 6.54 Å². The number of aliphatic carboxylic acids is 4. The Bertz CT molecular complexity index is 273. The van der Waals surface area contributed by atoms with Crippen LogP contribution in [0.25, 0.3) is 0 Å². The predicted molar refractivity (Wildman–Crippen MR) is 75.7 cm³/mol. The van der Waals surface area contributed by atoms with Crippen LogP contribution in [0.2, 0.25) is 0 Å². The van der Waals surface area contributed by atoms with Gasteiger partial charge in [-0.1, -0.05) is 0 Å². The van der Waals surface area contributed by atoms with Crippen LogP contribution in [0.4, 0.5) is 0 Å². The van der Waals surface area contributed by atoms with Gasteiger partial charge in [-0.15, -0.1) is 0 Å². The Hall–Kier alpha value is -2.49. The van der Waals surface area contributed by atoms with Gasteiger partial charge in [-0.05, 0) is 13.0 Å². The Morgan fingerprint density at radius 1 is 0.818 bits per heavy atom. The Kier molecular flexibility index (Phi) is 26.3. The summed E-state index contributed by atoms with van der Waals surface area (Å²) in [6.45, 7) is 5.35. The molecular formula is C12H23NO9. The molecule has 5 N–H and O–H groups in total. The number of rotatable bonds is 1. The number of aldehydes is 1. The van der Waals surface area contributed by atoms with Gasteiger partial charge in [0.25, 0.3) is 23.9 Å². The van der Waals surface area contributed by atoms with E-state index in [1.165, 1.54) is 0 Å². The third kappa shape index (κ3) is 157. The fraction of sp³-hybridized carbons (Fsp3) is 0.583. The molecule has 1 heterocycles. The van der Waals surface area contributed by atoms with Crippen molar-refractivity contribution in [1.29, 1.82) is 0 Å². The molecule has 1 saturated heterocycles. The molecule has 0 aromatic heterocycles. The number of carboxylic acids is 4. The van der Waals surface area contributed by atoms with Gasteiger partial charge >= 0.3 is 0 Å². The number of carbonyl (C=O) groups is 5. The van der Waals surface area contributed by atoms with Crippen molar-refractivity contribution in [3.63, 3.8) is 0 Å². The molecule has 0 radical (unpaired) electrons. The highest BCUT2D eigenvalue weighted by Crippen LogP contribution is 1.95. The normalized spacial score (nSPS) is 13.2. The first-order valence-corrected chi connectivity index (χ1v) is 5.83. The first-order valence-electron chi connectivity index (χ1n) is 5.83. The van der Waals surface area contributed by atoms with E-state index in [9.17, 15) is 4.79 Å². The Morgan fingerprint density at radius 3 is 1.00 bits per heavy atom. The van der Waals surface area contributed by atoms with Crippen LogP contribution in [0.15, 0.2) is 0 Å². The summed E-state index contributed by atoms with van der Waals surface area (Å²) < 4.78 is 0. The second-order valence-corrected chi connectivity index (χ2v) is 3.56. The van der Waals surface area contributed by atoms with E-state index in [0.717, 1.165) is 46.9 Å². The van der Waals surface area contributed by atoms with Crippen molar-refractivity contribution in [2.45, 2.75) is 40.2 Å². The van der Waals surface area contributed by atoms with Crippen molar-refractivity contribution in [3.05, 3.63) is 0 Å². The van der Waals surface area contributed by atoms with Crippen LogP contribution in [-0.4, -0.2) is 63.2 Å². The zero-order valence-electron chi connectivity index (χ0n) is 12.9. The summed E-state index contributed by atoms with van der Waals surface area (Å²) in [6, 6.07) is 0.185. The molecule has 0 unspecified atom stereocenters. The first kappa shape index (κ1) is 27.8. The average Bonchev–Trinajstić information content (AvgIpc) is 2.10. The lowest BCUT2D eigenvalue weighted by molar-refractivity contribution is -0.135. The van der Waals surface area contributed by atoms with Crippen LogP contribution >= 0.6 is 0 Å². The van der Waals surface area contributed by atoms with E-state index in [2.05, 4.69) is 5.32 Å². The van der Waals surface area contributed by atoms with E-state index in [1.807, 2.05) is 0 Å². The smallest absolute Gasteiger partial charge is 0.300 e. The lowest BCUT2D eigenvalue weighted by atomic mass is 10.1. The molecule has 0 saturated carbocycles. The quantitative estimate of drug-likeness (QED) is 0.409. The first-order chi connectivity index (χ1) is 9.86.